The van der Waals surface area contributed by atoms with E-state index in [4.69, 9.17) is 0 Å². The number of aryl methyl sites for hydroxylation is 2. The van der Waals surface area contributed by atoms with Gasteiger partial charge in [-0.05, 0) is 74.1 Å². The van der Waals surface area contributed by atoms with Crippen LogP contribution in [0, 0.1) is 31.4 Å². The van der Waals surface area contributed by atoms with Crippen LogP contribution < -0.4 is 0 Å². The molecule has 0 radical (unpaired) electrons. The molecule has 3 aromatic rings. The fraction of sp³-hybridized carbons (Fsp3) is 0.364. The molecule has 0 spiro atoms. The first-order chi connectivity index (χ1) is 13.4. The average Bonchev–Trinajstić information content (AvgIpc) is 3.06. The van der Waals surface area contributed by atoms with Crippen LogP contribution in [0.3, 0.4) is 0 Å². The molecule has 0 atom stereocenters. The minimum absolute atomic E-state index is 0.198. The van der Waals surface area contributed by atoms with E-state index in [0.29, 0.717) is 19.0 Å². The molecule has 0 saturated carbocycles. The van der Waals surface area contributed by atoms with E-state index in [1.807, 2.05) is 6.33 Å². The van der Waals surface area contributed by atoms with Crippen molar-refractivity contribution in [2.75, 3.05) is 13.1 Å². The SMILES string of the molecule is Cc1cc2ncn(CC3CCN(C(=O)c4ccc(F)c(F)c4)CC3)c2cc1C. The van der Waals surface area contributed by atoms with Gasteiger partial charge in [0.1, 0.15) is 0 Å². The molecule has 146 valence electrons. The summed E-state index contributed by atoms with van der Waals surface area (Å²) in [6.45, 7) is 6.30. The Morgan fingerprint density at radius 1 is 1.07 bits per heavy atom. The highest BCUT2D eigenvalue weighted by Crippen LogP contribution is 2.24. The van der Waals surface area contributed by atoms with Crippen LogP contribution in [0.15, 0.2) is 36.7 Å². The van der Waals surface area contributed by atoms with Gasteiger partial charge in [-0.3, -0.25) is 4.79 Å². The Morgan fingerprint density at radius 3 is 2.50 bits per heavy atom. The number of piperidine rings is 1. The van der Waals surface area contributed by atoms with Gasteiger partial charge in [-0.1, -0.05) is 0 Å². The summed E-state index contributed by atoms with van der Waals surface area (Å²) >= 11 is 0. The zero-order chi connectivity index (χ0) is 19.8. The highest BCUT2D eigenvalue weighted by molar-refractivity contribution is 5.94. The number of halogens is 2. The van der Waals surface area contributed by atoms with Gasteiger partial charge >= 0.3 is 0 Å². The number of hydrogen-bond acceptors (Lipinski definition) is 2. The normalized spacial score (nSPS) is 15.4. The molecule has 0 N–H and O–H groups in total. The zero-order valence-corrected chi connectivity index (χ0v) is 16.1. The van der Waals surface area contributed by atoms with Crippen molar-refractivity contribution < 1.29 is 13.6 Å². The molecule has 28 heavy (non-hydrogen) atoms. The maximum atomic E-state index is 13.4. The summed E-state index contributed by atoms with van der Waals surface area (Å²) in [6.07, 6.45) is 3.64. The van der Waals surface area contributed by atoms with Crippen LogP contribution in [-0.4, -0.2) is 33.4 Å². The first-order valence-electron chi connectivity index (χ1n) is 9.59. The average molecular weight is 383 g/mol. The summed E-state index contributed by atoms with van der Waals surface area (Å²) in [5.74, 6) is -1.71. The Hall–Kier alpha value is -2.76. The third kappa shape index (κ3) is 3.51. The van der Waals surface area contributed by atoms with Gasteiger partial charge in [-0.2, -0.15) is 0 Å². The Morgan fingerprint density at radius 2 is 1.79 bits per heavy atom. The fourth-order valence-electron chi connectivity index (χ4n) is 3.87. The zero-order valence-electron chi connectivity index (χ0n) is 16.1. The molecule has 1 fully saturated rings. The summed E-state index contributed by atoms with van der Waals surface area (Å²) in [5.41, 5.74) is 4.84. The summed E-state index contributed by atoms with van der Waals surface area (Å²) < 4.78 is 28.7. The monoisotopic (exact) mass is 383 g/mol. The van der Waals surface area contributed by atoms with Gasteiger partial charge in [0.15, 0.2) is 11.6 Å². The fourth-order valence-corrected chi connectivity index (χ4v) is 3.87. The van der Waals surface area contributed by atoms with Crippen LogP contribution in [0.25, 0.3) is 11.0 Å². The quantitative estimate of drug-likeness (QED) is 0.669. The minimum Gasteiger partial charge on any atom is -0.339 e. The maximum Gasteiger partial charge on any atom is 0.253 e. The number of carbonyl (C=O) groups is 1. The van der Waals surface area contributed by atoms with Crippen LogP contribution in [0.4, 0.5) is 8.78 Å². The summed E-state index contributed by atoms with van der Waals surface area (Å²) in [4.78, 5) is 18.8. The number of benzene rings is 2. The van der Waals surface area contributed by atoms with Crippen molar-refractivity contribution in [2.24, 2.45) is 5.92 Å². The Bertz CT molecular complexity index is 1040. The van der Waals surface area contributed by atoms with Crippen molar-refractivity contribution in [2.45, 2.75) is 33.2 Å². The molecule has 2 aromatic carbocycles. The molecule has 0 bridgehead atoms. The van der Waals surface area contributed by atoms with E-state index in [0.717, 1.165) is 42.6 Å². The lowest BCUT2D eigenvalue weighted by molar-refractivity contribution is 0.0682. The number of rotatable bonds is 3. The van der Waals surface area contributed by atoms with Gasteiger partial charge in [0.25, 0.3) is 5.91 Å². The van der Waals surface area contributed by atoms with Crippen LogP contribution in [0.2, 0.25) is 0 Å². The van der Waals surface area contributed by atoms with E-state index in [1.54, 1.807) is 4.90 Å². The van der Waals surface area contributed by atoms with E-state index >= 15 is 0 Å². The van der Waals surface area contributed by atoms with Crippen LogP contribution >= 0.6 is 0 Å². The van der Waals surface area contributed by atoms with Gasteiger partial charge in [-0.15, -0.1) is 0 Å². The lowest BCUT2D eigenvalue weighted by Crippen LogP contribution is -2.39. The lowest BCUT2D eigenvalue weighted by atomic mass is 9.96. The van der Waals surface area contributed by atoms with Crippen molar-refractivity contribution in [1.82, 2.24) is 14.5 Å². The second-order valence-corrected chi connectivity index (χ2v) is 7.69. The van der Waals surface area contributed by atoms with Crippen LogP contribution in [0.1, 0.15) is 34.3 Å². The Balaban J connectivity index is 1.41. The van der Waals surface area contributed by atoms with Crippen molar-refractivity contribution in [3.63, 3.8) is 0 Å². The second-order valence-electron chi connectivity index (χ2n) is 7.69. The van der Waals surface area contributed by atoms with E-state index in [2.05, 4.69) is 35.5 Å². The van der Waals surface area contributed by atoms with Crippen molar-refractivity contribution in [1.29, 1.82) is 0 Å². The number of fused-ring (bicyclic) bond motifs is 1. The third-order valence-corrected chi connectivity index (χ3v) is 5.76. The largest absolute Gasteiger partial charge is 0.339 e. The number of likely N-dealkylation sites (tertiary alicyclic amines) is 1. The third-order valence-electron chi connectivity index (χ3n) is 5.76. The van der Waals surface area contributed by atoms with E-state index in [9.17, 15) is 13.6 Å². The molecular weight excluding hydrogens is 360 g/mol. The number of imidazole rings is 1. The molecule has 4 nitrogen and oxygen atoms in total. The van der Waals surface area contributed by atoms with Crippen LogP contribution in [0.5, 0.6) is 0 Å². The maximum absolute atomic E-state index is 13.4. The Labute approximate surface area is 162 Å². The predicted molar refractivity (Wildman–Crippen MR) is 104 cm³/mol. The van der Waals surface area contributed by atoms with Gasteiger partial charge in [0.05, 0.1) is 17.4 Å². The first kappa shape index (κ1) is 18.6. The number of hydrogen-bond donors (Lipinski definition) is 0. The molecule has 1 amide bonds. The summed E-state index contributed by atoms with van der Waals surface area (Å²) in [7, 11) is 0. The standard InChI is InChI=1S/C22H23F2N3O/c1-14-9-20-21(10-15(14)2)27(13-25-20)12-16-5-7-26(8-6-16)22(28)17-3-4-18(23)19(24)11-17/h3-4,9-11,13,16H,5-8,12H2,1-2H3. The molecule has 1 aliphatic heterocycles. The topological polar surface area (TPSA) is 38.1 Å². The molecule has 4 rings (SSSR count). The van der Waals surface area contributed by atoms with Gasteiger partial charge in [-0.25, -0.2) is 13.8 Å². The van der Waals surface area contributed by atoms with E-state index in [1.165, 1.54) is 17.2 Å². The van der Waals surface area contributed by atoms with Gasteiger partial charge in [0, 0.05) is 25.2 Å². The molecule has 0 aliphatic carbocycles. The lowest BCUT2D eigenvalue weighted by Gasteiger charge is -2.32. The molecule has 0 unspecified atom stereocenters. The molecule has 1 saturated heterocycles. The molecule has 6 heteroatoms. The van der Waals surface area contributed by atoms with E-state index in [-0.39, 0.29) is 11.5 Å². The summed E-state index contributed by atoms with van der Waals surface area (Å²) in [6, 6.07) is 7.62. The summed E-state index contributed by atoms with van der Waals surface area (Å²) in [5, 5.41) is 0. The molecular formula is C22H23F2N3O. The highest BCUT2D eigenvalue weighted by atomic mass is 19.2. The predicted octanol–water partition coefficient (Wildman–Crippen LogP) is 4.48. The molecule has 1 aliphatic rings. The minimum atomic E-state index is -0.988. The number of amides is 1. The van der Waals surface area contributed by atoms with Crippen molar-refractivity contribution in [3.8, 4) is 0 Å². The van der Waals surface area contributed by atoms with Crippen molar-refractivity contribution in [3.05, 3.63) is 65.0 Å². The molecule has 2 heterocycles. The van der Waals surface area contributed by atoms with Gasteiger partial charge in [0.2, 0.25) is 0 Å². The smallest absolute Gasteiger partial charge is 0.253 e. The highest BCUT2D eigenvalue weighted by Gasteiger charge is 2.25. The first-order valence-corrected chi connectivity index (χ1v) is 9.59. The number of carbonyl (C=O) groups excluding carboxylic acids is 1. The van der Waals surface area contributed by atoms with Crippen molar-refractivity contribution >= 4 is 16.9 Å². The number of aromatic nitrogens is 2. The molecule has 1 aromatic heterocycles. The Kier molecular flexibility index (Phi) is 4.87. The van der Waals surface area contributed by atoms with Gasteiger partial charge < -0.3 is 9.47 Å². The van der Waals surface area contributed by atoms with Crippen LogP contribution in [-0.2, 0) is 6.54 Å². The van der Waals surface area contributed by atoms with E-state index < -0.39 is 11.6 Å². The second kappa shape index (κ2) is 7.34. The number of nitrogens with zero attached hydrogens (tertiary/aromatic N) is 3.